The van der Waals surface area contributed by atoms with Gasteiger partial charge >= 0.3 is 12.0 Å². The Labute approximate surface area is 98.9 Å². The summed E-state index contributed by atoms with van der Waals surface area (Å²) in [7, 11) is 0. The van der Waals surface area contributed by atoms with Gasteiger partial charge in [0.05, 0.1) is 6.54 Å². The number of likely N-dealkylation sites (tertiary alicyclic amines) is 1. The minimum Gasteiger partial charge on any atom is -0.481 e. The third-order valence-electron chi connectivity index (χ3n) is 2.78. The first-order chi connectivity index (χ1) is 7.99. The van der Waals surface area contributed by atoms with Crippen LogP contribution in [0.4, 0.5) is 4.79 Å². The van der Waals surface area contributed by atoms with Gasteiger partial charge < -0.3 is 21.1 Å². The van der Waals surface area contributed by atoms with Crippen LogP contribution in [-0.4, -0.2) is 47.5 Å². The van der Waals surface area contributed by atoms with Crippen LogP contribution < -0.4 is 11.1 Å². The molecule has 1 fully saturated rings. The number of carboxylic acid groups (broad SMARTS) is 1. The van der Waals surface area contributed by atoms with Crippen molar-refractivity contribution in [2.24, 2.45) is 11.7 Å². The van der Waals surface area contributed by atoms with Crippen LogP contribution in [0.15, 0.2) is 0 Å². The molecule has 0 spiro atoms. The van der Waals surface area contributed by atoms with E-state index in [0.717, 1.165) is 0 Å². The van der Waals surface area contributed by atoms with E-state index in [9.17, 15) is 14.4 Å². The number of carboxylic acids is 1. The molecule has 1 heterocycles. The summed E-state index contributed by atoms with van der Waals surface area (Å²) in [5.41, 5.74) is 4.91. The summed E-state index contributed by atoms with van der Waals surface area (Å²) in [6.07, 6.45) is 1.50. The van der Waals surface area contributed by atoms with E-state index >= 15 is 0 Å². The molecule has 4 N–H and O–H groups in total. The number of amides is 3. The maximum Gasteiger partial charge on any atom is 0.317 e. The Morgan fingerprint density at radius 3 is 2.35 bits per heavy atom. The Hall–Kier alpha value is -1.79. The van der Waals surface area contributed by atoms with E-state index in [1.165, 1.54) is 0 Å². The van der Waals surface area contributed by atoms with Crippen LogP contribution in [0.25, 0.3) is 0 Å². The Morgan fingerprint density at radius 2 is 1.88 bits per heavy atom. The fourth-order valence-corrected chi connectivity index (χ4v) is 1.86. The molecule has 0 radical (unpaired) electrons. The molecule has 0 saturated carbocycles. The van der Waals surface area contributed by atoms with E-state index in [4.69, 9.17) is 10.8 Å². The molecule has 1 aliphatic heterocycles. The molecule has 0 atom stereocenters. The van der Waals surface area contributed by atoms with Gasteiger partial charge in [-0.2, -0.15) is 0 Å². The van der Waals surface area contributed by atoms with Crippen molar-refractivity contribution in [3.63, 3.8) is 0 Å². The summed E-state index contributed by atoms with van der Waals surface area (Å²) >= 11 is 0. The minimum absolute atomic E-state index is 0.132. The molecular weight excluding hydrogens is 226 g/mol. The van der Waals surface area contributed by atoms with Crippen LogP contribution >= 0.6 is 0 Å². The normalized spacial score (nSPS) is 16.6. The zero-order valence-corrected chi connectivity index (χ0v) is 9.52. The van der Waals surface area contributed by atoms with Crippen LogP contribution in [0.2, 0.25) is 0 Å². The Bertz CT molecular complexity index is 311. The summed E-state index contributed by atoms with van der Waals surface area (Å²) in [6.45, 7) is 0.860. The summed E-state index contributed by atoms with van der Waals surface area (Å²) in [4.78, 5) is 34.1. The van der Waals surface area contributed by atoms with Crippen LogP contribution in [0.3, 0.4) is 0 Å². The first-order valence-electron chi connectivity index (χ1n) is 5.52. The maximum absolute atomic E-state index is 11.5. The van der Waals surface area contributed by atoms with Crippen molar-refractivity contribution >= 4 is 17.9 Å². The average Bonchev–Trinajstić information content (AvgIpc) is 2.26. The van der Waals surface area contributed by atoms with E-state index in [-0.39, 0.29) is 24.9 Å². The molecule has 0 aromatic carbocycles. The van der Waals surface area contributed by atoms with Crippen molar-refractivity contribution < 1.29 is 19.5 Å². The van der Waals surface area contributed by atoms with Gasteiger partial charge in [-0.1, -0.05) is 0 Å². The number of hydrogen-bond donors (Lipinski definition) is 3. The van der Waals surface area contributed by atoms with Gasteiger partial charge in [-0.3, -0.25) is 9.59 Å². The number of nitrogens with one attached hydrogen (secondary N) is 1. The molecule has 0 aromatic heterocycles. The number of aliphatic carboxylic acids is 1. The Morgan fingerprint density at radius 1 is 1.29 bits per heavy atom. The number of carbonyl (C=O) groups excluding carboxylic acids is 2. The maximum atomic E-state index is 11.5. The molecule has 1 saturated heterocycles. The lowest BCUT2D eigenvalue weighted by Gasteiger charge is -2.31. The highest BCUT2D eigenvalue weighted by Gasteiger charge is 2.24. The predicted molar refractivity (Wildman–Crippen MR) is 59.1 cm³/mol. The number of primary amides is 1. The largest absolute Gasteiger partial charge is 0.481 e. The van der Waals surface area contributed by atoms with Gasteiger partial charge in [0.15, 0.2) is 0 Å². The first kappa shape index (κ1) is 13.3. The van der Waals surface area contributed by atoms with Crippen molar-refractivity contribution in [2.45, 2.75) is 19.3 Å². The predicted octanol–water partition coefficient (Wildman–Crippen LogP) is -0.632. The molecule has 3 amide bonds. The van der Waals surface area contributed by atoms with Gasteiger partial charge in [0.2, 0.25) is 5.91 Å². The monoisotopic (exact) mass is 243 g/mol. The highest BCUT2D eigenvalue weighted by atomic mass is 16.4. The van der Waals surface area contributed by atoms with Crippen LogP contribution in [0.1, 0.15) is 19.3 Å². The molecule has 96 valence electrons. The van der Waals surface area contributed by atoms with Gasteiger partial charge in [-0.15, -0.1) is 0 Å². The summed E-state index contributed by atoms with van der Waals surface area (Å²) < 4.78 is 0. The first-order valence-corrected chi connectivity index (χ1v) is 5.52. The number of nitrogens with zero attached hydrogens (tertiary/aromatic N) is 1. The standard InChI is InChI=1S/C10H17N3O4/c11-8(14)6-12-10(17)13-3-1-7(2-4-13)5-9(15)16/h7H,1-6H2,(H2,11,14)(H,12,17)(H,15,16). The molecule has 7 heteroatoms. The molecular formula is C10H17N3O4. The number of piperidine rings is 1. The summed E-state index contributed by atoms with van der Waals surface area (Å²) in [5, 5.41) is 11.0. The van der Waals surface area contributed by atoms with E-state index in [1.807, 2.05) is 0 Å². The summed E-state index contributed by atoms with van der Waals surface area (Å²) in [5.74, 6) is -1.26. The third kappa shape index (κ3) is 4.71. The topological polar surface area (TPSA) is 113 Å². The molecule has 0 unspecified atom stereocenters. The van der Waals surface area contributed by atoms with Gasteiger partial charge in [-0.25, -0.2) is 4.79 Å². The second-order valence-corrected chi connectivity index (χ2v) is 4.15. The van der Waals surface area contributed by atoms with Crippen LogP contribution in [-0.2, 0) is 9.59 Å². The quantitative estimate of drug-likeness (QED) is 0.610. The lowest BCUT2D eigenvalue weighted by Crippen LogP contribution is -2.46. The SMILES string of the molecule is NC(=O)CNC(=O)N1CCC(CC(=O)O)CC1. The molecule has 1 rings (SSSR count). The highest BCUT2D eigenvalue weighted by molar-refractivity contribution is 5.82. The molecule has 7 nitrogen and oxygen atoms in total. The lowest BCUT2D eigenvalue weighted by atomic mass is 9.94. The highest BCUT2D eigenvalue weighted by Crippen LogP contribution is 2.20. The van der Waals surface area contributed by atoms with Gasteiger partial charge in [0, 0.05) is 19.5 Å². The van der Waals surface area contributed by atoms with Gasteiger partial charge in [0.25, 0.3) is 0 Å². The number of carbonyl (C=O) groups is 3. The molecule has 17 heavy (non-hydrogen) atoms. The van der Waals surface area contributed by atoms with Gasteiger partial charge in [-0.05, 0) is 18.8 Å². The van der Waals surface area contributed by atoms with Crippen molar-refractivity contribution in [1.29, 1.82) is 0 Å². The Kier molecular flexibility index (Phi) is 4.74. The van der Waals surface area contributed by atoms with Gasteiger partial charge in [0.1, 0.15) is 0 Å². The van der Waals surface area contributed by atoms with Crippen LogP contribution in [0.5, 0.6) is 0 Å². The molecule has 0 bridgehead atoms. The minimum atomic E-state index is -0.804. The number of nitrogens with two attached hydrogens (primary N) is 1. The van der Waals surface area contributed by atoms with E-state index in [1.54, 1.807) is 4.90 Å². The molecule has 0 aromatic rings. The second-order valence-electron chi connectivity index (χ2n) is 4.15. The number of urea groups is 1. The Balaban J connectivity index is 2.28. The smallest absolute Gasteiger partial charge is 0.317 e. The fraction of sp³-hybridized carbons (Fsp3) is 0.700. The molecule has 0 aliphatic carbocycles. The fourth-order valence-electron chi connectivity index (χ4n) is 1.86. The number of rotatable bonds is 4. The second kappa shape index (κ2) is 6.07. The number of hydrogen-bond acceptors (Lipinski definition) is 3. The van der Waals surface area contributed by atoms with Crippen LogP contribution in [0, 0.1) is 5.92 Å². The van der Waals surface area contributed by atoms with Crippen molar-refractivity contribution in [2.75, 3.05) is 19.6 Å². The van der Waals surface area contributed by atoms with E-state index in [2.05, 4.69) is 5.32 Å². The summed E-state index contributed by atoms with van der Waals surface area (Å²) in [6, 6.07) is -0.322. The van der Waals surface area contributed by atoms with E-state index in [0.29, 0.717) is 25.9 Å². The lowest BCUT2D eigenvalue weighted by molar-refractivity contribution is -0.138. The molecule has 1 aliphatic rings. The van der Waals surface area contributed by atoms with Crippen molar-refractivity contribution in [3.05, 3.63) is 0 Å². The third-order valence-corrected chi connectivity index (χ3v) is 2.78. The van der Waals surface area contributed by atoms with Crippen molar-refractivity contribution in [3.8, 4) is 0 Å². The zero-order valence-electron chi connectivity index (χ0n) is 9.52. The zero-order chi connectivity index (χ0) is 12.8. The van der Waals surface area contributed by atoms with E-state index < -0.39 is 11.9 Å². The van der Waals surface area contributed by atoms with Crippen molar-refractivity contribution in [1.82, 2.24) is 10.2 Å². The average molecular weight is 243 g/mol.